The van der Waals surface area contributed by atoms with Crippen molar-refractivity contribution in [1.82, 2.24) is 19.1 Å². The van der Waals surface area contributed by atoms with Crippen molar-refractivity contribution in [2.45, 2.75) is 13.5 Å². The van der Waals surface area contributed by atoms with Crippen LogP contribution in [-0.2, 0) is 6.54 Å². The monoisotopic (exact) mass is 384 g/mol. The molecule has 142 valence electrons. The molecular weight excluding hydrogens is 368 g/mol. The minimum Gasteiger partial charge on any atom is -0.354 e. The average molecular weight is 384 g/mol. The molecule has 0 saturated heterocycles. The lowest BCUT2D eigenvalue weighted by atomic mass is 10.1. The van der Waals surface area contributed by atoms with Crippen LogP contribution in [0.15, 0.2) is 76.3 Å². The summed E-state index contributed by atoms with van der Waals surface area (Å²) in [5.74, 6) is 0.275. The summed E-state index contributed by atoms with van der Waals surface area (Å²) in [6.45, 7) is 1.73. The zero-order valence-electron chi connectivity index (χ0n) is 15.6. The summed E-state index contributed by atoms with van der Waals surface area (Å²) in [6, 6.07) is 18.1. The minimum atomic E-state index is -0.311. The molecule has 7 nitrogen and oxygen atoms in total. The molecule has 0 saturated carbocycles. The lowest BCUT2D eigenvalue weighted by Crippen LogP contribution is -2.26. The number of hydrogen-bond acceptors (Lipinski definition) is 5. The van der Waals surface area contributed by atoms with E-state index in [9.17, 15) is 9.59 Å². The third kappa shape index (κ3) is 2.75. The third-order valence-corrected chi connectivity index (χ3v) is 4.91. The van der Waals surface area contributed by atoms with Gasteiger partial charge in [0.15, 0.2) is 11.5 Å². The number of fused-ring (bicyclic) bond motifs is 3. The average Bonchev–Trinajstić information content (AvgIpc) is 3.38. The van der Waals surface area contributed by atoms with E-state index in [1.54, 1.807) is 48.0 Å². The number of benzene rings is 2. The summed E-state index contributed by atoms with van der Waals surface area (Å²) < 4.78 is 8.56. The molecule has 3 aromatic heterocycles. The Morgan fingerprint density at radius 3 is 2.48 bits per heavy atom. The number of carbonyl (C=O) groups is 1. The van der Waals surface area contributed by atoms with Gasteiger partial charge >= 0.3 is 0 Å². The highest BCUT2D eigenvalue weighted by Gasteiger charge is 2.20. The summed E-state index contributed by atoms with van der Waals surface area (Å²) in [5, 5.41) is 3.89. The molecule has 5 aromatic rings. The first kappa shape index (κ1) is 17.1. The van der Waals surface area contributed by atoms with Gasteiger partial charge in [-0.05, 0) is 19.1 Å². The van der Waals surface area contributed by atoms with Crippen LogP contribution >= 0.6 is 0 Å². The Bertz CT molecular complexity index is 1430. The van der Waals surface area contributed by atoms with Crippen molar-refractivity contribution < 1.29 is 9.32 Å². The topological polar surface area (TPSA) is 82.4 Å². The molecule has 3 heterocycles. The van der Waals surface area contributed by atoms with E-state index in [-0.39, 0.29) is 17.9 Å². The van der Waals surface area contributed by atoms with E-state index in [1.807, 2.05) is 30.3 Å². The highest BCUT2D eigenvalue weighted by Crippen LogP contribution is 2.25. The predicted molar refractivity (Wildman–Crippen MR) is 108 cm³/mol. The largest absolute Gasteiger partial charge is 0.354 e. The number of aryl methyl sites for hydroxylation is 1. The predicted octanol–water partition coefficient (Wildman–Crippen LogP) is 3.50. The van der Waals surface area contributed by atoms with Crippen molar-refractivity contribution >= 4 is 22.3 Å². The van der Waals surface area contributed by atoms with Crippen LogP contribution < -0.4 is 5.56 Å². The molecule has 0 unspecified atom stereocenters. The first-order chi connectivity index (χ1) is 14.1. The lowest BCUT2D eigenvalue weighted by Gasteiger charge is -2.12. The maximum atomic E-state index is 13.5. The van der Waals surface area contributed by atoms with Crippen molar-refractivity contribution in [3.8, 4) is 11.5 Å². The number of para-hydroxylation sites is 2. The van der Waals surface area contributed by atoms with Crippen molar-refractivity contribution in [2.75, 3.05) is 0 Å². The Labute approximate surface area is 164 Å². The van der Waals surface area contributed by atoms with Gasteiger partial charge in [-0.3, -0.25) is 18.6 Å². The van der Waals surface area contributed by atoms with E-state index in [0.717, 1.165) is 5.52 Å². The fraction of sp³-hybridized carbons (Fsp3) is 0.0909. The summed E-state index contributed by atoms with van der Waals surface area (Å²) in [7, 11) is 0. The van der Waals surface area contributed by atoms with Crippen LogP contribution in [0, 0.1) is 6.92 Å². The Morgan fingerprint density at radius 1 is 1.03 bits per heavy atom. The van der Waals surface area contributed by atoms with Crippen LogP contribution in [0.25, 0.3) is 28.0 Å². The quantitative estimate of drug-likeness (QED) is 0.443. The van der Waals surface area contributed by atoms with Gasteiger partial charge in [0.25, 0.3) is 5.56 Å². The van der Waals surface area contributed by atoms with Gasteiger partial charge in [-0.2, -0.15) is 0 Å². The Kier molecular flexibility index (Phi) is 3.87. The van der Waals surface area contributed by atoms with Crippen LogP contribution in [0.2, 0.25) is 0 Å². The number of nitrogens with zero attached hydrogens (tertiary/aromatic N) is 4. The van der Waals surface area contributed by atoms with Crippen LogP contribution in [-0.4, -0.2) is 24.9 Å². The maximum Gasteiger partial charge on any atom is 0.278 e. The second-order valence-electron chi connectivity index (χ2n) is 6.81. The first-order valence-corrected chi connectivity index (χ1v) is 9.14. The van der Waals surface area contributed by atoms with Crippen LogP contribution in [0.4, 0.5) is 0 Å². The number of rotatable bonds is 4. The minimum absolute atomic E-state index is 0.0695. The summed E-state index contributed by atoms with van der Waals surface area (Å²) in [6.07, 6.45) is 1.59. The van der Waals surface area contributed by atoms with Crippen molar-refractivity contribution in [1.29, 1.82) is 0 Å². The molecule has 0 atom stereocenters. The summed E-state index contributed by atoms with van der Waals surface area (Å²) >= 11 is 0. The molecule has 7 heteroatoms. The number of carbonyl (C=O) groups excluding carboxylic acids is 1. The van der Waals surface area contributed by atoms with Crippen molar-refractivity contribution in [3.05, 3.63) is 88.6 Å². The molecule has 0 fully saturated rings. The second-order valence-corrected chi connectivity index (χ2v) is 6.81. The van der Waals surface area contributed by atoms with E-state index in [2.05, 4.69) is 10.1 Å². The van der Waals surface area contributed by atoms with Crippen LogP contribution in [0.3, 0.4) is 0 Å². The fourth-order valence-electron chi connectivity index (χ4n) is 3.54. The van der Waals surface area contributed by atoms with E-state index in [1.165, 1.54) is 4.57 Å². The molecule has 29 heavy (non-hydrogen) atoms. The number of hydrogen-bond donors (Lipinski definition) is 0. The normalized spacial score (nSPS) is 11.3. The van der Waals surface area contributed by atoms with E-state index < -0.39 is 0 Å². The van der Waals surface area contributed by atoms with Crippen LogP contribution in [0.1, 0.15) is 16.1 Å². The lowest BCUT2D eigenvalue weighted by molar-refractivity contribution is 0.0972. The molecule has 0 aliphatic rings. The maximum absolute atomic E-state index is 13.5. The second kappa shape index (κ2) is 6.56. The molecule has 0 amide bonds. The van der Waals surface area contributed by atoms with E-state index in [0.29, 0.717) is 33.7 Å². The third-order valence-electron chi connectivity index (χ3n) is 4.91. The molecule has 5 rings (SSSR count). The van der Waals surface area contributed by atoms with Gasteiger partial charge in [0.1, 0.15) is 17.5 Å². The van der Waals surface area contributed by atoms with E-state index in [4.69, 9.17) is 4.52 Å². The van der Waals surface area contributed by atoms with Gasteiger partial charge < -0.3 is 4.52 Å². The van der Waals surface area contributed by atoms with Gasteiger partial charge in [0.2, 0.25) is 0 Å². The smallest absolute Gasteiger partial charge is 0.278 e. The van der Waals surface area contributed by atoms with Crippen molar-refractivity contribution in [3.63, 3.8) is 0 Å². The van der Waals surface area contributed by atoms with Gasteiger partial charge in [-0.1, -0.05) is 47.6 Å². The number of imidazole rings is 1. The molecular formula is C22H16N4O3. The van der Waals surface area contributed by atoms with Crippen molar-refractivity contribution in [2.24, 2.45) is 0 Å². The molecule has 0 aliphatic carbocycles. The zero-order chi connectivity index (χ0) is 20.0. The molecule has 0 bridgehead atoms. The van der Waals surface area contributed by atoms with Gasteiger partial charge in [-0.15, -0.1) is 0 Å². The molecule has 0 radical (unpaired) electrons. The highest BCUT2D eigenvalue weighted by atomic mass is 16.5. The summed E-state index contributed by atoms with van der Waals surface area (Å²) in [5.41, 5.74) is 3.13. The number of aromatic nitrogens is 4. The molecule has 0 N–H and O–H groups in total. The Hall–Kier alpha value is -4.00. The molecule has 0 spiro atoms. The standard InChI is InChI=1S/C22H16N4O3/c1-14-11-19(29-24-14)20-21-22(28)25(12-18(27)15-7-3-2-4-8-15)16-9-5-6-10-17(16)26(21)13-23-20/h2-11,13H,12H2,1H3. The van der Waals surface area contributed by atoms with Gasteiger partial charge in [0.05, 0.1) is 23.3 Å². The Morgan fingerprint density at radius 2 is 1.76 bits per heavy atom. The number of Topliss-reactive ketones (excluding diaryl/α,β-unsaturated/α-hetero) is 1. The molecule has 2 aromatic carbocycles. The zero-order valence-corrected chi connectivity index (χ0v) is 15.6. The van der Waals surface area contributed by atoms with Gasteiger partial charge in [-0.25, -0.2) is 4.98 Å². The highest BCUT2D eigenvalue weighted by molar-refractivity contribution is 5.97. The molecule has 0 aliphatic heterocycles. The Balaban J connectivity index is 1.77. The SMILES string of the molecule is Cc1cc(-c2ncn3c2c(=O)n(CC(=O)c2ccccc2)c2ccccc23)on1. The first-order valence-electron chi connectivity index (χ1n) is 9.14. The van der Waals surface area contributed by atoms with Crippen LogP contribution in [0.5, 0.6) is 0 Å². The fourth-order valence-corrected chi connectivity index (χ4v) is 3.54. The number of ketones is 1. The van der Waals surface area contributed by atoms with E-state index >= 15 is 0 Å². The van der Waals surface area contributed by atoms with Gasteiger partial charge in [0, 0.05) is 11.6 Å². The summed E-state index contributed by atoms with van der Waals surface area (Å²) in [4.78, 5) is 30.7.